The number of rotatable bonds is 2. The van der Waals surface area contributed by atoms with E-state index in [0.29, 0.717) is 6.10 Å². The molecule has 0 spiro atoms. The Morgan fingerprint density at radius 2 is 2.27 bits per heavy atom. The summed E-state index contributed by atoms with van der Waals surface area (Å²) in [6.07, 6.45) is 2.69. The smallest absolute Gasteiger partial charge is 0.120 e. The Balaban J connectivity index is 0.00000112. The van der Waals surface area contributed by atoms with Crippen LogP contribution in [-0.2, 0) is 0 Å². The van der Waals surface area contributed by atoms with Gasteiger partial charge >= 0.3 is 0 Å². The quantitative estimate of drug-likeness (QED) is 0.905. The number of halogens is 2. The maximum atomic E-state index is 5.84. The third-order valence-corrected chi connectivity index (χ3v) is 2.84. The van der Waals surface area contributed by atoms with Crippen LogP contribution in [0.5, 0.6) is 5.75 Å². The van der Waals surface area contributed by atoms with E-state index in [1.165, 1.54) is 6.42 Å². The summed E-state index contributed by atoms with van der Waals surface area (Å²) in [6.45, 7) is 2.09. The van der Waals surface area contributed by atoms with Crippen LogP contribution in [0.3, 0.4) is 0 Å². The van der Waals surface area contributed by atoms with Gasteiger partial charge in [-0.25, -0.2) is 0 Å². The van der Waals surface area contributed by atoms with E-state index in [1.807, 2.05) is 24.3 Å². The highest BCUT2D eigenvalue weighted by Crippen LogP contribution is 2.20. The molecule has 0 radical (unpaired) electrons. The van der Waals surface area contributed by atoms with E-state index in [4.69, 9.17) is 4.74 Å². The summed E-state index contributed by atoms with van der Waals surface area (Å²) in [5, 5.41) is 3.33. The van der Waals surface area contributed by atoms with Crippen molar-refractivity contribution in [1.82, 2.24) is 5.32 Å². The van der Waals surface area contributed by atoms with E-state index in [-0.39, 0.29) is 12.4 Å². The van der Waals surface area contributed by atoms with Crippen LogP contribution in [0.1, 0.15) is 12.8 Å². The van der Waals surface area contributed by atoms with Crippen LogP contribution in [0.15, 0.2) is 28.7 Å². The molecular formula is C11H15BrClNO. The summed E-state index contributed by atoms with van der Waals surface area (Å²) in [5.74, 6) is 0.952. The Bertz CT molecular complexity index is 302. The van der Waals surface area contributed by atoms with Gasteiger partial charge in [0.2, 0.25) is 0 Å². The molecule has 4 heteroatoms. The molecule has 0 bridgehead atoms. The van der Waals surface area contributed by atoms with Gasteiger partial charge < -0.3 is 10.1 Å². The van der Waals surface area contributed by atoms with Gasteiger partial charge in [0, 0.05) is 11.0 Å². The largest absolute Gasteiger partial charge is 0.489 e. The molecule has 0 saturated carbocycles. The fourth-order valence-electron chi connectivity index (χ4n) is 1.65. The molecule has 1 fully saturated rings. The van der Waals surface area contributed by atoms with Crippen molar-refractivity contribution in [2.45, 2.75) is 18.9 Å². The molecule has 15 heavy (non-hydrogen) atoms. The fourth-order valence-corrected chi connectivity index (χ4v) is 2.03. The van der Waals surface area contributed by atoms with E-state index in [2.05, 4.69) is 21.2 Å². The molecule has 1 aliphatic rings. The predicted octanol–water partition coefficient (Wildman–Crippen LogP) is 3.00. The molecule has 1 N–H and O–H groups in total. The van der Waals surface area contributed by atoms with Gasteiger partial charge in [0.15, 0.2) is 0 Å². The van der Waals surface area contributed by atoms with Crippen molar-refractivity contribution < 1.29 is 4.74 Å². The number of hydrogen-bond donors (Lipinski definition) is 1. The van der Waals surface area contributed by atoms with Gasteiger partial charge in [-0.05, 0) is 37.6 Å². The molecule has 1 heterocycles. The zero-order valence-electron chi connectivity index (χ0n) is 8.41. The molecular weight excluding hydrogens is 277 g/mol. The molecule has 1 aromatic rings. The normalized spacial score (nSPS) is 20.5. The molecule has 1 unspecified atom stereocenters. The van der Waals surface area contributed by atoms with Crippen molar-refractivity contribution in [3.8, 4) is 5.75 Å². The molecule has 84 valence electrons. The minimum Gasteiger partial charge on any atom is -0.489 e. The summed E-state index contributed by atoms with van der Waals surface area (Å²) in [7, 11) is 0. The number of benzene rings is 1. The van der Waals surface area contributed by atoms with E-state index < -0.39 is 0 Å². The lowest BCUT2D eigenvalue weighted by atomic mass is 10.1. The van der Waals surface area contributed by atoms with Crippen LogP contribution in [0.2, 0.25) is 0 Å². The van der Waals surface area contributed by atoms with Crippen molar-refractivity contribution in [2.24, 2.45) is 0 Å². The van der Waals surface area contributed by atoms with Gasteiger partial charge in [-0.3, -0.25) is 0 Å². The zero-order chi connectivity index (χ0) is 9.80. The van der Waals surface area contributed by atoms with Crippen LogP contribution in [-0.4, -0.2) is 19.2 Å². The predicted molar refractivity (Wildman–Crippen MR) is 67.9 cm³/mol. The van der Waals surface area contributed by atoms with E-state index in [0.717, 1.165) is 29.7 Å². The Hall–Kier alpha value is -0.250. The number of piperidine rings is 1. The first-order chi connectivity index (χ1) is 6.84. The topological polar surface area (TPSA) is 21.3 Å². The molecule has 0 amide bonds. The molecule has 1 aliphatic heterocycles. The number of nitrogens with one attached hydrogen (secondary N) is 1. The summed E-state index contributed by atoms with van der Waals surface area (Å²) >= 11 is 3.43. The maximum Gasteiger partial charge on any atom is 0.120 e. The lowest BCUT2D eigenvalue weighted by molar-refractivity contribution is 0.167. The van der Waals surface area contributed by atoms with Crippen molar-refractivity contribution in [1.29, 1.82) is 0 Å². The third kappa shape index (κ3) is 4.01. The van der Waals surface area contributed by atoms with E-state index >= 15 is 0 Å². The Morgan fingerprint density at radius 1 is 1.40 bits per heavy atom. The van der Waals surface area contributed by atoms with Gasteiger partial charge in [0.05, 0.1) is 0 Å². The molecule has 2 nitrogen and oxygen atoms in total. The van der Waals surface area contributed by atoms with Crippen LogP contribution in [0.4, 0.5) is 0 Å². The summed E-state index contributed by atoms with van der Waals surface area (Å²) in [5.41, 5.74) is 0. The van der Waals surface area contributed by atoms with E-state index in [1.54, 1.807) is 0 Å². The highest BCUT2D eigenvalue weighted by Gasteiger charge is 2.13. The second-order valence-electron chi connectivity index (χ2n) is 3.54. The average molecular weight is 293 g/mol. The summed E-state index contributed by atoms with van der Waals surface area (Å²) in [4.78, 5) is 0. The van der Waals surface area contributed by atoms with Crippen LogP contribution >= 0.6 is 28.3 Å². The van der Waals surface area contributed by atoms with Crippen LogP contribution in [0, 0.1) is 0 Å². The lowest BCUT2D eigenvalue weighted by Gasteiger charge is -2.23. The van der Waals surface area contributed by atoms with Crippen molar-refractivity contribution in [3.63, 3.8) is 0 Å². The number of ether oxygens (including phenoxy) is 1. The Morgan fingerprint density at radius 3 is 2.93 bits per heavy atom. The Labute approximate surface area is 105 Å². The van der Waals surface area contributed by atoms with Gasteiger partial charge in [0.1, 0.15) is 11.9 Å². The molecule has 1 aromatic carbocycles. The van der Waals surface area contributed by atoms with Gasteiger partial charge in [0.25, 0.3) is 0 Å². The monoisotopic (exact) mass is 291 g/mol. The van der Waals surface area contributed by atoms with Crippen molar-refractivity contribution in [2.75, 3.05) is 13.1 Å². The molecule has 1 atom stereocenters. The zero-order valence-corrected chi connectivity index (χ0v) is 10.8. The minimum atomic E-state index is 0. The molecule has 1 saturated heterocycles. The molecule has 0 aromatic heterocycles. The maximum absolute atomic E-state index is 5.84. The Kier molecular flexibility index (Phi) is 5.43. The molecule has 2 rings (SSSR count). The standard InChI is InChI=1S/C11H14BrNO.ClH/c12-9-3-1-4-10(7-9)14-11-5-2-6-13-8-11;/h1,3-4,7,11,13H,2,5-6,8H2;1H. The first kappa shape index (κ1) is 12.8. The second-order valence-corrected chi connectivity index (χ2v) is 4.46. The molecule has 0 aliphatic carbocycles. The van der Waals surface area contributed by atoms with Crippen LogP contribution in [0.25, 0.3) is 0 Å². The first-order valence-corrected chi connectivity index (χ1v) is 5.77. The average Bonchev–Trinajstić information content (AvgIpc) is 2.19. The summed E-state index contributed by atoms with van der Waals surface area (Å²) in [6, 6.07) is 8.01. The van der Waals surface area contributed by atoms with Gasteiger partial charge in [-0.2, -0.15) is 0 Å². The van der Waals surface area contributed by atoms with E-state index in [9.17, 15) is 0 Å². The number of hydrogen-bond acceptors (Lipinski definition) is 2. The second kappa shape index (κ2) is 6.36. The van der Waals surface area contributed by atoms with Crippen molar-refractivity contribution in [3.05, 3.63) is 28.7 Å². The highest BCUT2D eigenvalue weighted by molar-refractivity contribution is 9.10. The first-order valence-electron chi connectivity index (χ1n) is 4.97. The SMILES string of the molecule is Brc1cccc(OC2CCCNC2)c1.Cl. The van der Waals surface area contributed by atoms with Crippen molar-refractivity contribution >= 4 is 28.3 Å². The van der Waals surface area contributed by atoms with Gasteiger partial charge in [-0.15, -0.1) is 12.4 Å². The fraction of sp³-hybridized carbons (Fsp3) is 0.455. The minimum absolute atomic E-state index is 0. The third-order valence-electron chi connectivity index (χ3n) is 2.35. The van der Waals surface area contributed by atoms with Gasteiger partial charge in [-0.1, -0.05) is 22.0 Å². The van der Waals surface area contributed by atoms with Crippen LogP contribution < -0.4 is 10.1 Å². The lowest BCUT2D eigenvalue weighted by Crippen LogP contribution is -2.37. The summed E-state index contributed by atoms with van der Waals surface area (Å²) < 4.78 is 6.91. The highest BCUT2D eigenvalue weighted by atomic mass is 79.9.